The van der Waals surface area contributed by atoms with E-state index in [1.807, 2.05) is 47.4 Å². The van der Waals surface area contributed by atoms with E-state index < -0.39 is 0 Å². The third-order valence-electron chi connectivity index (χ3n) is 5.49. The Morgan fingerprint density at radius 2 is 2.00 bits per heavy atom. The van der Waals surface area contributed by atoms with Crippen LogP contribution >= 0.6 is 11.6 Å². The van der Waals surface area contributed by atoms with Gasteiger partial charge in [-0.05, 0) is 29.8 Å². The van der Waals surface area contributed by atoms with Gasteiger partial charge in [0.15, 0.2) is 5.82 Å². The fourth-order valence-corrected chi connectivity index (χ4v) is 4.03. The van der Waals surface area contributed by atoms with Gasteiger partial charge in [0, 0.05) is 35.6 Å². The highest BCUT2D eigenvalue weighted by molar-refractivity contribution is 6.30. The summed E-state index contributed by atoms with van der Waals surface area (Å²) in [5, 5.41) is 8.70. The van der Waals surface area contributed by atoms with E-state index in [9.17, 15) is 4.79 Å². The number of carbonyl (C=O) groups excluding carboxylic acids is 1. The maximum Gasteiger partial charge on any atom is 0.237 e. The number of anilines is 1. The fourth-order valence-electron chi connectivity index (χ4n) is 3.84. The molecule has 2 aromatic carbocycles. The van der Waals surface area contributed by atoms with Crippen LogP contribution < -0.4 is 5.73 Å². The summed E-state index contributed by atoms with van der Waals surface area (Å²) in [6.45, 7) is 2.78. The van der Waals surface area contributed by atoms with Gasteiger partial charge in [-0.15, -0.1) is 0 Å². The van der Waals surface area contributed by atoms with Crippen molar-refractivity contribution < 1.29 is 4.79 Å². The molecule has 3 heterocycles. The number of nitrogen functional groups attached to an aromatic ring is 1. The Kier molecular flexibility index (Phi) is 5.42. The number of nitrogens with one attached hydrogen (secondary N) is 1. The zero-order valence-corrected chi connectivity index (χ0v) is 18.0. The van der Waals surface area contributed by atoms with E-state index in [0.29, 0.717) is 48.7 Å². The summed E-state index contributed by atoms with van der Waals surface area (Å²) in [7, 11) is 0. The maximum atomic E-state index is 12.8. The zero-order valence-electron chi connectivity index (χ0n) is 17.2. The Bertz CT molecular complexity index is 1290. The number of halogens is 1. The van der Waals surface area contributed by atoms with Crippen LogP contribution in [0.25, 0.3) is 22.3 Å². The van der Waals surface area contributed by atoms with Gasteiger partial charge in [-0.25, -0.2) is 15.0 Å². The number of H-pyrrole nitrogens is 1. The van der Waals surface area contributed by atoms with Crippen molar-refractivity contribution in [3.05, 3.63) is 65.2 Å². The molecular weight excluding hydrogens is 428 g/mol. The van der Waals surface area contributed by atoms with Gasteiger partial charge in [0.1, 0.15) is 18.0 Å². The first-order chi connectivity index (χ1) is 15.5. The number of fused-ring (bicyclic) bond motifs is 1. The largest absolute Gasteiger partial charge is 0.383 e. The van der Waals surface area contributed by atoms with Gasteiger partial charge in [0.25, 0.3) is 0 Å². The predicted octanol–water partition coefficient (Wildman–Crippen LogP) is 2.49. The smallest absolute Gasteiger partial charge is 0.237 e. The first kappa shape index (κ1) is 20.3. The molecule has 0 spiro atoms. The van der Waals surface area contributed by atoms with Crippen LogP contribution in [-0.4, -0.2) is 60.5 Å². The highest BCUT2D eigenvalue weighted by atomic mass is 35.5. The number of piperazine rings is 1. The standard InChI is InChI=1S/C22H21ClN8O/c23-16-3-1-2-15(9-16)22-27-19(28-29-22)11-30-6-7-31(20(32)12-30)10-14-4-5-17-18(8-14)25-13-26-21(17)24/h1-5,8-9,13H,6-7,10-12H2,(H2,24,25,26)(H,27,28,29). The van der Waals surface area contributed by atoms with Crippen LogP contribution in [0.5, 0.6) is 0 Å². The normalized spacial score (nSPS) is 14.9. The van der Waals surface area contributed by atoms with Crippen LogP contribution in [0.15, 0.2) is 48.8 Å². The van der Waals surface area contributed by atoms with E-state index in [0.717, 1.165) is 28.6 Å². The van der Waals surface area contributed by atoms with Crippen molar-refractivity contribution in [1.29, 1.82) is 0 Å². The monoisotopic (exact) mass is 448 g/mol. The van der Waals surface area contributed by atoms with Crippen molar-refractivity contribution in [3.8, 4) is 11.4 Å². The fraction of sp³-hybridized carbons (Fsp3) is 0.227. The molecule has 0 aliphatic carbocycles. The van der Waals surface area contributed by atoms with E-state index in [1.54, 1.807) is 0 Å². The molecule has 4 aromatic rings. The lowest BCUT2D eigenvalue weighted by Crippen LogP contribution is -2.49. The molecule has 162 valence electrons. The topological polar surface area (TPSA) is 117 Å². The maximum absolute atomic E-state index is 12.8. The molecule has 1 fully saturated rings. The van der Waals surface area contributed by atoms with Gasteiger partial charge in [0.2, 0.25) is 5.91 Å². The molecule has 0 bridgehead atoms. The highest BCUT2D eigenvalue weighted by Crippen LogP contribution is 2.21. The summed E-state index contributed by atoms with van der Waals surface area (Å²) in [5.74, 6) is 1.84. The highest BCUT2D eigenvalue weighted by Gasteiger charge is 2.25. The van der Waals surface area contributed by atoms with Crippen molar-refractivity contribution in [2.45, 2.75) is 13.1 Å². The molecule has 10 heteroatoms. The van der Waals surface area contributed by atoms with Gasteiger partial charge >= 0.3 is 0 Å². The summed E-state index contributed by atoms with van der Waals surface area (Å²) >= 11 is 6.05. The number of carbonyl (C=O) groups is 1. The van der Waals surface area contributed by atoms with Crippen LogP contribution in [0, 0.1) is 0 Å². The van der Waals surface area contributed by atoms with Crippen LogP contribution in [0.1, 0.15) is 11.4 Å². The summed E-state index contributed by atoms with van der Waals surface area (Å²) in [6, 6.07) is 13.2. The molecule has 3 N–H and O–H groups in total. The van der Waals surface area contributed by atoms with Crippen molar-refractivity contribution in [1.82, 2.24) is 34.9 Å². The number of aromatic nitrogens is 5. The van der Waals surface area contributed by atoms with Crippen LogP contribution in [-0.2, 0) is 17.9 Å². The van der Waals surface area contributed by atoms with Crippen LogP contribution in [0.2, 0.25) is 5.02 Å². The molecule has 32 heavy (non-hydrogen) atoms. The Morgan fingerprint density at radius 1 is 1.09 bits per heavy atom. The molecule has 1 saturated heterocycles. The summed E-state index contributed by atoms with van der Waals surface area (Å²) in [5.41, 5.74) is 8.54. The van der Waals surface area contributed by atoms with Gasteiger partial charge in [-0.2, -0.15) is 5.10 Å². The molecule has 2 aromatic heterocycles. The molecule has 1 aliphatic rings. The number of nitrogens with two attached hydrogens (primary N) is 1. The molecule has 0 atom stereocenters. The average Bonchev–Trinajstić information content (AvgIpc) is 3.24. The number of amides is 1. The molecular formula is C22H21ClN8O. The zero-order chi connectivity index (χ0) is 22.1. The lowest BCUT2D eigenvalue weighted by atomic mass is 10.1. The predicted molar refractivity (Wildman–Crippen MR) is 121 cm³/mol. The van der Waals surface area contributed by atoms with Crippen molar-refractivity contribution in [3.63, 3.8) is 0 Å². The minimum atomic E-state index is 0.0770. The van der Waals surface area contributed by atoms with Gasteiger partial charge < -0.3 is 10.6 Å². The van der Waals surface area contributed by atoms with E-state index in [4.69, 9.17) is 17.3 Å². The Morgan fingerprint density at radius 3 is 2.84 bits per heavy atom. The Labute approximate surface area is 189 Å². The Hall–Kier alpha value is -3.56. The molecule has 0 unspecified atom stereocenters. The quantitative estimate of drug-likeness (QED) is 0.481. The number of aromatic amines is 1. The number of hydrogen-bond donors (Lipinski definition) is 2. The molecule has 1 amide bonds. The lowest BCUT2D eigenvalue weighted by molar-refractivity contribution is -0.136. The number of benzene rings is 2. The second kappa shape index (κ2) is 8.52. The molecule has 1 aliphatic heterocycles. The summed E-state index contributed by atoms with van der Waals surface area (Å²) in [6.07, 6.45) is 1.45. The third kappa shape index (κ3) is 4.25. The van der Waals surface area contributed by atoms with Crippen molar-refractivity contribution in [2.75, 3.05) is 25.4 Å². The van der Waals surface area contributed by atoms with Crippen molar-refractivity contribution in [2.24, 2.45) is 0 Å². The van der Waals surface area contributed by atoms with E-state index in [1.165, 1.54) is 6.33 Å². The SMILES string of the molecule is Nc1ncnc2cc(CN3CCN(Cc4nc(-c5cccc(Cl)c5)n[nH]4)CC3=O)ccc12. The Balaban J connectivity index is 1.21. The summed E-state index contributed by atoms with van der Waals surface area (Å²) < 4.78 is 0. The van der Waals surface area contributed by atoms with Gasteiger partial charge in [-0.3, -0.25) is 14.8 Å². The first-order valence-electron chi connectivity index (χ1n) is 10.2. The first-order valence-corrected chi connectivity index (χ1v) is 10.6. The average molecular weight is 449 g/mol. The second-order valence-corrected chi connectivity index (χ2v) is 8.19. The molecule has 9 nitrogen and oxygen atoms in total. The number of rotatable bonds is 5. The van der Waals surface area contributed by atoms with Gasteiger partial charge in [-0.1, -0.05) is 29.8 Å². The van der Waals surface area contributed by atoms with Gasteiger partial charge in [0.05, 0.1) is 18.6 Å². The molecule has 0 saturated carbocycles. The van der Waals surface area contributed by atoms with E-state index in [-0.39, 0.29) is 5.91 Å². The number of hydrogen-bond acceptors (Lipinski definition) is 7. The third-order valence-corrected chi connectivity index (χ3v) is 5.73. The minimum absolute atomic E-state index is 0.0770. The lowest BCUT2D eigenvalue weighted by Gasteiger charge is -2.33. The summed E-state index contributed by atoms with van der Waals surface area (Å²) in [4.78, 5) is 29.5. The minimum Gasteiger partial charge on any atom is -0.383 e. The van der Waals surface area contributed by atoms with E-state index >= 15 is 0 Å². The molecule has 5 rings (SSSR count). The van der Waals surface area contributed by atoms with E-state index in [2.05, 4.69) is 30.0 Å². The van der Waals surface area contributed by atoms with Crippen molar-refractivity contribution >= 4 is 34.2 Å². The molecule has 0 radical (unpaired) electrons. The van der Waals surface area contributed by atoms with Crippen LogP contribution in [0.3, 0.4) is 0 Å². The number of nitrogens with zero attached hydrogens (tertiary/aromatic N) is 6. The second-order valence-electron chi connectivity index (χ2n) is 7.75. The van der Waals surface area contributed by atoms with Crippen LogP contribution in [0.4, 0.5) is 5.82 Å².